The second-order valence-corrected chi connectivity index (χ2v) is 8.72. The topological polar surface area (TPSA) is 9.23 Å². The standard InChI is InChI=1S/C22H39F3O/c1-2-3-7-17-26-21(22(23,24)25)12-8-9-18-13-15-20(16-14-18)19-10-5-4-6-11-19/h18-21H,2-17H2,1H3/t18-,20-,21?. The highest BCUT2D eigenvalue weighted by atomic mass is 19.4. The zero-order valence-corrected chi connectivity index (χ0v) is 16.7. The Hall–Kier alpha value is -0.250. The molecule has 1 nitrogen and oxygen atoms in total. The number of alkyl halides is 3. The van der Waals surface area contributed by atoms with Crippen LogP contribution in [0.25, 0.3) is 0 Å². The summed E-state index contributed by atoms with van der Waals surface area (Å²) < 4.78 is 44.6. The molecular weight excluding hydrogens is 337 g/mol. The van der Waals surface area contributed by atoms with Crippen LogP contribution in [0.1, 0.15) is 103 Å². The van der Waals surface area contributed by atoms with E-state index in [9.17, 15) is 13.2 Å². The first-order valence-corrected chi connectivity index (χ1v) is 11.2. The molecule has 0 spiro atoms. The molecule has 0 aliphatic heterocycles. The first kappa shape index (κ1) is 22.0. The Labute approximate surface area is 158 Å². The van der Waals surface area contributed by atoms with Gasteiger partial charge in [0, 0.05) is 6.61 Å². The average molecular weight is 377 g/mol. The van der Waals surface area contributed by atoms with E-state index in [0.717, 1.165) is 37.5 Å². The summed E-state index contributed by atoms with van der Waals surface area (Å²) in [4.78, 5) is 0. The highest BCUT2D eigenvalue weighted by Gasteiger charge is 2.40. The quantitative estimate of drug-likeness (QED) is 0.355. The maximum absolute atomic E-state index is 13.1. The minimum Gasteiger partial charge on any atom is -0.369 e. The SMILES string of the molecule is CCCCCOC(CCC[C@H]1CC[C@H](C2CCCCC2)CC1)C(F)(F)F. The zero-order valence-electron chi connectivity index (χ0n) is 16.7. The Balaban J connectivity index is 1.62. The molecule has 2 saturated carbocycles. The van der Waals surface area contributed by atoms with E-state index in [2.05, 4.69) is 0 Å². The van der Waals surface area contributed by atoms with Crippen molar-refractivity contribution >= 4 is 0 Å². The van der Waals surface area contributed by atoms with Gasteiger partial charge in [-0.15, -0.1) is 0 Å². The molecule has 2 fully saturated rings. The Morgan fingerprint density at radius 3 is 2.12 bits per heavy atom. The first-order chi connectivity index (χ1) is 12.5. The molecule has 0 aromatic heterocycles. The van der Waals surface area contributed by atoms with Crippen LogP contribution in [0.4, 0.5) is 13.2 Å². The Morgan fingerprint density at radius 1 is 0.846 bits per heavy atom. The van der Waals surface area contributed by atoms with Gasteiger partial charge in [-0.2, -0.15) is 13.2 Å². The largest absolute Gasteiger partial charge is 0.414 e. The van der Waals surface area contributed by atoms with Gasteiger partial charge in [0.1, 0.15) is 0 Å². The van der Waals surface area contributed by atoms with Gasteiger partial charge >= 0.3 is 6.18 Å². The van der Waals surface area contributed by atoms with E-state index in [1.807, 2.05) is 6.92 Å². The van der Waals surface area contributed by atoms with Gasteiger partial charge in [-0.05, 0) is 43.4 Å². The van der Waals surface area contributed by atoms with Crippen molar-refractivity contribution in [3.63, 3.8) is 0 Å². The predicted octanol–water partition coefficient (Wildman–Crippen LogP) is 7.68. The van der Waals surface area contributed by atoms with Crippen molar-refractivity contribution in [1.82, 2.24) is 0 Å². The van der Waals surface area contributed by atoms with E-state index in [-0.39, 0.29) is 13.0 Å². The van der Waals surface area contributed by atoms with Crippen LogP contribution in [-0.4, -0.2) is 18.9 Å². The van der Waals surface area contributed by atoms with Crippen LogP contribution in [0.5, 0.6) is 0 Å². The summed E-state index contributed by atoms with van der Waals surface area (Å²) in [5.74, 6) is 2.48. The molecule has 0 aromatic rings. The molecule has 0 heterocycles. The number of hydrogen-bond donors (Lipinski definition) is 0. The lowest BCUT2D eigenvalue weighted by Gasteiger charge is -2.36. The van der Waals surface area contributed by atoms with Crippen LogP contribution in [0.2, 0.25) is 0 Å². The summed E-state index contributed by atoms with van der Waals surface area (Å²) in [6.07, 6.45) is 10.8. The number of unbranched alkanes of at least 4 members (excludes halogenated alkanes) is 2. The summed E-state index contributed by atoms with van der Waals surface area (Å²) in [7, 11) is 0. The van der Waals surface area contributed by atoms with E-state index in [4.69, 9.17) is 4.74 Å². The Morgan fingerprint density at radius 2 is 1.50 bits per heavy atom. The van der Waals surface area contributed by atoms with Gasteiger partial charge in [0.15, 0.2) is 6.10 Å². The van der Waals surface area contributed by atoms with E-state index in [0.29, 0.717) is 12.3 Å². The van der Waals surface area contributed by atoms with E-state index in [1.165, 1.54) is 57.8 Å². The van der Waals surface area contributed by atoms with Gasteiger partial charge in [-0.25, -0.2) is 0 Å². The molecule has 0 amide bonds. The fourth-order valence-corrected chi connectivity index (χ4v) is 5.06. The average Bonchev–Trinajstić information content (AvgIpc) is 2.64. The van der Waals surface area contributed by atoms with Crippen LogP contribution in [0, 0.1) is 17.8 Å². The van der Waals surface area contributed by atoms with Crippen molar-refractivity contribution in [2.24, 2.45) is 17.8 Å². The number of ether oxygens (including phenoxy) is 1. The van der Waals surface area contributed by atoms with Gasteiger partial charge in [0.05, 0.1) is 0 Å². The molecular formula is C22H39F3O. The number of rotatable bonds is 10. The summed E-state index contributed by atoms with van der Waals surface area (Å²) in [6, 6.07) is 0. The molecule has 26 heavy (non-hydrogen) atoms. The third-order valence-electron chi connectivity index (χ3n) is 6.72. The van der Waals surface area contributed by atoms with Crippen LogP contribution in [0.15, 0.2) is 0 Å². The monoisotopic (exact) mass is 376 g/mol. The van der Waals surface area contributed by atoms with E-state index in [1.54, 1.807) is 0 Å². The van der Waals surface area contributed by atoms with Gasteiger partial charge in [-0.1, -0.05) is 77.6 Å². The maximum Gasteiger partial charge on any atom is 0.414 e. The van der Waals surface area contributed by atoms with Crippen molar-refractivity contribution < 1.29 is 17.9 Å². The molecule has 4 heteroatoms. The molecule has 2 aliphatic rings. The van der Waals surface area contributed by atoms with Crippen molar-refractivity contribution in [2.75, 3.05) is 6.61 Å². The highest BCUT2D eigenvalue weighted by Crippen LogP contribution is 2.41. The predicted molar refractivity (Wildman–Crippen MR) is 101 cm³/mol. The second-order valence-electron chi connectivity index (χ2n) is 8.72. The fourth-order valence-electron chi connectivity index (χ4n) is 5.06. The maximum atomic E-state index is 13.1. The number of hydrogen-bond acceptors (Lipinski definition) is 1. The third-order valence-corrected chi connectivity index (χ3v) is 6.72. The summed E-state index contributed by atoms with van der Waals surface area (Å²) in [6.45, 7) is 2.29. The molecule has 0 saturated heterocycles. The van der Waals surface area contributed by atoms with Gasteiger partial charge in [0.25, 0.3) is 0 Å². The van der Waals surface area contributed by atoms with Crippen LogP contribution in [-0.2, 0) is 4.74 Å². The lowest BCUT2D eigenvalue weighted by Crippen LogP contribution is -2.32. The van der Waals surface area contributed by atoms with E-state index < -0.39 is 12.3 Å². The summed E-state index contributed by atoms with van der Waals surface area (Å²) in [5, 5.41) is 0. The van der Waals surface area contributed by atoms with Crippen molar-refractivity contribution in [2.45, 2.75) is 116 Å². The lowest BCUT2D eigenvalue weighted by atomic mass is 9.70. The van der Waals surface area contributed by atoms with Crippen molar-refractivity contribution in [1.29, 1.82) is 0 Å². The van der Waals surface area contributed by atoms with E-state index >= 15 is 0 Å². The van der Waals surface area contributed by atoms with Gasteiger partial charge in [-0.3, -0.25) is 0 Å². The highest BCUT2D eigenvalue weighted by molar-refractivity contribution is 4.80. The van der Waals surface area contributed by atoms with Gasteiger partial charge in [0.2, 0.25) is 0 Å². The Kier molecular flexibility index (Phi) is 9.80. The molecule has 2 aliphatic carbocycles. The smallest absolute Gasteiger partial charge is 0.369 e. The zero-order chi connectivity index (χ0) is 18.8. The molecule has 0 bridgehead atoms. The molecule has 1 unspecified atom stereocenters. The summed E-state index contributed by atoms with van der Waals surface area (Å²) >= 11 is 0. The lowest BCUT2D eigenvalue weighted by molar-refractivity contribution is -0.222. The summed E-state index contributed by atoms with van der Waals surface area (Å²) in [5.41, 5.74) is 0. The minimum atomic E-state index is -4.22. The molecule has 2 rings (SSSR count). The van der Waals surface area contributed by atoms with Crippen LogP contribution >= 0.6 is 0 Å². The van der Waals surface area contributed by atoms with Gasteiger partial charge < -0.3 is 4.74 Å². The van der Waals surface area contributed by atoms with Crippen LogP contribution in [0.3, 0.4) is 0 Å². The fraction of sp³-hybridized carbons (Fsp3) is 1.00. The third kappa shape index (κ3) is 7.78. The molecule has 0 aromatic carbocycles. The normalized spacial score (nSPS) is 26.8. The molecule has 1 atom stereocenters. The van der Waals surface area contributed by atoms with Crippen molar-refractivity contribution in [3.8, 4) is 0 Å². The second kappa shape index (κ2) is 11.6. The number of halogens is 3. The molecule has 0 radical (unpaired) electrons. The molecule has 0 N–H and O–H groups in total. The van der Waals surface area contributed by atoms with Crippen molar-refractivity contribution in [3.05, 3.63) is 0 Å². The molecule has 154 valence electrons. The minimum absolute atomic E-state index is 0.137. The Bertz CT molecular complexity index is 355. The first-order valence-electron chi connectivity index (χ1n) is 11.2. The van der Waals surface area contributed by atoms with Crippen LogP contribution < -0.4 is 0 Å².